The molecule has 0 bridgehead atoms. The molecule has 178 valence electrons. The number of rotatable bonds is 3. The molecule has 3 heterocycles. The minimum atomic E-state index is -0.925. The Morgan fingerprint density at radius 2 is 1.89 bits per heavy atom. The lowest BCUT2D eigenvalue weighted by Crippen LogP contribution is -2.59. The van der Waals surface area contributed by atoms with Crippen molar-refractivity contribution in [3.8, 4) is 11.3 Å². The monoisotopic (exact) mass is 486 g/mol. The van der Waals surface area contributed by atoms with Crippen molar-refractivity contribution in [1.29, 1.82) is 0 Å². The SMILES string of the molecule is O=C(c1nc(-c2cccc(Cl)c2)c2ncccn12)N1CCC(O)(c2ccccc2)[C@H]2CCCC[C@H]21. The maximum atomic E-state index is 14.0. The van der Waals surface area contributed by atoms with E-state index in [1.807, 2.05) is 65.7 Å². The molecule has 35 heavy (non-hydrogen) atoms. The van der Waals surface area contributed by atoms with Crippen molar-refractivity contribution >= 4 is 23.2 Å². The zero-order chi connectivity index (χ0) is 24.0. The van der Waals surface area contributed by atoms with E-state index in [2.05, 4.69) is 4.98 Å². The molecule has 1 aliphatic heterocycles. The summed E-state index contributed by atoms with van der Waals surface area (Å²) in [5.41, 5.74) is 2.10. The number of aliphatic hydroxyl groups is 1. The number of nitrogens with zero attached hydrogens (tertiary/aromatic N) is 4. The number of hydrogen-bond donors (Lipinski definition) is 1. The Labute approximate surface area is 209 Å². The zero-order valence-electron chi connectivity index (χ0n) is 19.3. The minimum absolute atomic E-state index is 0.00639. The van der Waals surface area contributed by atoms with Gasteiger partial charge in [0.15, 0.2) is 5.65 Å². The van der Waals surface area contributed by atoms with Gasteiger partial charge >= 0.3 is 0 Å². The van der Waals surface area contributed by atoms with Crippen LogP contribution in [0.4, 0.5) is 0 Å². The average Bonchev–Trinajstić information content (AvgIpc) is 3.29. The van der Waals surface area contributed by atoms with Crippen LogP contribution in [0.1, 0.15) is 48.3 Å². The fraction of sp³-hybridized carbons (Fsp3) is 0.321. The molecule has 7 heteroatoms. The topological polar surface area (TPSA) is 70.7 Å². The second-order valence-electron chi connectivity index (χ2n) is 9.60. The number of piperidine rings is 1. The lowest BCUT2D eigenvalue weighted by molar-refractivity contribution is -0.110. The number of fused-ring (bicyclic) bond motifs is 2. The maximum Gasteiger partial charge on any atom is 0.290 e. The van der Waals surface area contributed by atoms with Gasteiger partial charge < -0.3 is 10.0 Å². The number of carbonyl (C=O) groups excluding carboxylic acids is 1. The normalized spacial score (nSPS) is 24.3. The van der Waals surface area contributed by atoms with Crippen LogP contribution in [0.25, 0.3) is 16.9 Å². The van der Waals surface area contributed by atoms with E-state index in [9.17, 15) is 9.90 Å². The highest BCUT2D eigenvalue weighted by Crippen LogP contribution is 2.47. The van der Waals surface area contributed by atoms with Crippen LogP contribution in [0.5, 0.6) is 0 Å². The van der Waals surface area contributed by atoms with E-state index in [1.54, 1.807) is 16.7 Å². The number of imidazole rings is 1. The molecule has 4 aromatic rings. The second kappa shape index (κ2) is 8.77. The predicted molar refractivity (Wildman–Crippen MR) is 135 cm³/mol. The quantitative estimate of drug-likeness (QED) is 0.424. The van der Waals surface area contributed by atoms with E-state index in [0.29, 0.717) is 35.2 Å². The van der Waals surface area contributed by atoms with E-state index < -0.39 is 5.60 Å². The molecule has 1 amide bonds. The third-order valence-electron chi connectivity index (χ3n) is 7.70. The highest BCUT2D eigenvalue weighted by Gasteiger charge is 2.50. The van der Waals surface area contributed by atoms with Crippen molar-refractivity contribution in [2.75, 3.05) is 6.54 Å². The van der Waals surface area contributed by atoms with Gasteiger partial charge in [-0.1, -0.05) is 66.9 Å². The predicted octanol–water partition coefficient (Wildman–Crippen LogP) is 5.34. The van der Waals surface area contributed by atoms with Crippen LogP contribution in [-0.2, 0) is 5.60 Å². The first kappa shape index (κ1) is 22.3. The van der Waals surface area contributed by atoms with Gasteiger partial charge in [0.2, 0.25) is 5.82 Å². The molecule has 3 atom stereocenters. The van der Waals surface area contributed by atoms with E-state index >= 15 is 0 Å². The van der Waals surface area contributed by atoms with Crippen LogP contribution in [-0.4, -0.2) is 42.9 Å². The van der Waals surface area contributed by atoms with Gasteiger partial charge in [0, 0.05) is 41.5 Å². The minimum Gasteiger partial charge on any atom is -0.385 e. The van der Waals surface area contributed by atoms with Gasteiger partial charge in [-0.25, -0.2) is 9.97 Å². The first-order valence-electron chi connectivity index (χ1n) is 12.2. The van der Waals surface area contributed by atoms with Gasteiger partial charge in [-0.2, -0.15) is 0 Å². The molecule has 2 aromatic carbocycles. The van der Waals surface area contributed by atoms with E-state index in [-0.39, 0.29) is 17.9 Å². The Hall–Kier alpha value is -3.22. The lowest BCUT2D eigenvalue weighted by atomic mass is 9.66. The summed E-state index contributed by atoms with van der Waals surface area (Å²) in [5, 5.41) is 12.5. The van der Waals surface area contributed by atoms with E-state index in [0.717, 1.165) is 36.8 Å². The second-order valence-corrected chi connectivity index (χ2v) is 10.0. The van der Waals surface area contributed by atoms with Crippen molar-refractivity contribution in [2.24, 2.45) is 5.92 Å². The molecule has 2 fully saturated rings. The van der Waals surface area contributed by atoms with Crippen LogP contribution >= 0.6 is 11.6 Å². The van der Waals surface area contributed by atoms with Gasteiger partial charge in [-0.15, -0.1) is 0 Å². The summed E-state index contributed by atoms with van der Waals surface area (Å²) < 4.78 is 1.77. The van der Waals surface area contributed by atoms with Crippen molar-refractivity contribution in [3.05, 3.63) is 89.5 Å². The number of benzene rings is 2. The summed E-state index contributed by atoms with van der Waals surface area (Å²) in [6.07, 6.45) is 7.94. The van der Waals surface area contributed by atoms with Gasteiger partial charge in [-0.05, 0) is 43.0 Å². The number of aromatic nitrogens is 3. The molecule has 1 N–H and O–H groups in total. The zero-order valence-corrected chi connectivity index (χ0v) is 20.1. The molecule has 1 unspecified atom stereocenters. The molecular weight excluding hydrogens is 460 g/mol. The van der Waals surface area contributed by atoms with Gasteiger partial charge in [0.1, 0.15) is 5.69 Å². The molecule has 0 spiro atoms. The highest BCUT2D eigenvalue weighted by atomic mass is 35.5. The molecule has 6 nitrogen and oxygen atoms in total. The van der Waals surface area contributed by atoms with Crippen molar-refractivity contribution in [3.63, 3.8) is 0 Å². The Morgan fingerprint density at radius 1 is 1.06 bits per heavy atom. The molecule has 2 aromatic heterocycles. The van der Waals surface area contributed by atoms with E-state index in [1.165, 1.54) is 0 Å². The van der Waals surface area contributed by atoms with Crippen LogP contribution in [0.2, 0.25) is 5.02 Å². The summed E-state index contributed by atoms with van der Waals surface area (Å²) in [6, 6.07) is 19.2. The third-order valence-corrected chi connectivity index (χ3v) is 7.94. The van der Waals surface area contributed by atoms with Gasteiger partial charge in [-0.3, -0.25) is 9.20 Å². The summed E-state index contributed by atoms with van der Waals surface area (Å²) in [7, 11) is 0. The van der Waals surface area contributed by atoms with Crippen LogP contribution < -0.4 is 0 Å². The van der Waals surface area contributed by atoms with E-state index in [4.69, 9.17) is 16.6 Å². The summed E-state index contributed by atoms with van der Waals surface area (Å²) in [5.74, 6) is 0.221. The summed E-state index contributed by atoms with van der Waals surface area (Å²) >= 11 is 6.24. The first-order valence-corrected chi connectivity index (χ1v) is 12.6. The standard InChI is InChI=1S/C28H27ClN4O2/c29-21-11-6-8-19(18-21)24-25-30-15-7-16-33(25)26(31-24)27(34)32-17-14-28(35,20-9-2-1-3-10-20)22-12-4-5-13-23(22)32/h1-3,6-11,15-16,18,22-23,35H,4-5,12-14,17H2/t22-,23+,28?/m0/s1. The number of amides is 1. The molecule has 0 radical (unpaired) electrons. The van der Waals surface area contributed by atoms with Crippen molar-refractivity contribution in [2.45, 2.75) is 43.7 Å². The van der Waals surface area contributed by atoms with Gasteiger partial charge in [0.05, 0.1) is 5.60 Å². The Bertz CT molecular complexity index is 1390. The van der Waals surface area contributed by atoms with Crippen LogP contribution in [0.3, 0.4) is 0 Å². The third kappa shape index (κ3) is 3.72. The summed E-state index contributed by atoms with van der Waals surface area (Å²) in [4.78, 5) is 25.3. The maximum absolute atomic E-state index is 14.0. The molecular formula is C28H27ClN4O2. The molecule has 1 saturated heterocycles. The smallest absolute Gasteiger partial charge is 0.290 e. The Morgan fingerprint density at radius 3 is 2.71 bits per heavy atom. The Balaban J connectivity index is 1.39. The van der Waals surface area contributed by atoms with Crippen LogP contribution in [0, 0.1) is 5.92 Å². The molecule has 1 saturated carbocycles. The number of halogens is 1. The largest absolute Gasteiger partial charge is 0.385 e. The fourth-order valence-corrected chi connectivity index (χ4v) is 6.25. The van der Waals surface area contributed by atoms with Crippen LogP contribution in [0.15, 0.2) is 73.1 Å². The Kier molecular flexibility index (Phi) is 5.58. The number of likely N-dealkylation sites (tertiary alicyclic amines) is 1. The summed E-state index contributed by atoms with van der Waals surface area (Å²) in [6.45, 7) is 0.479. The van der Waals surface area contributed by atoms with Gasteiger partial charge in [0.25, 0.3) is 5.91 Å². The molecule has 6 rings (SSSR count). The lowest BCUT2D eigenvalue weighted by Gasteiger charge is -2.52. The molecule has 1 aliphatic carbocycles. The first-order chi connectivity index (χ1) is 17.1. The number of carbonyl (C=O) groups is 1. The number of hydrogen-bond acceptors (Lipinski definition) is 4. The fourth-order valence-electron chi connectivity index (χ4n) is 6.06. The van der Waals surface area contributed by atoms with Crippen molar-refractivity contribution in [1.82, 2.24) is 19.3 Å². The highest BCUT2D eigenvalue weighted by molar-refractivity contribution is 6.30. The average molecular weight is 487 g/mol. The molecule has 2 aliphatic rings. The van der Waals surface area contributed by atoms with Crippen molar-refractivity contribution < 1.29 is 9.90 Å².